The summed E-state index contributed by atoms with van der Waals surface area (Å²) in [6.07, 6.45) is 0. The monoisotopic (exact) mass is 357 g/mol. The number of esters is 1. The van der Waals surface area contributed by atoms with Gasteiger partial charge in [0.25, 0.3) is 5.91 Å². The first kappa shape index (κ1) is 17.0. The Morgan fingerprint density at radius 2 is 1.70 bits per heavy atom. The molecule has 0 saturated carbocycles. The van der Waals surface area contributed by atoms with Crippen LogP contribution in [0.5, 0.6) is 0 Å². The van der Waals surface area contributed by atoms with E-state index in [1.807, 2.05) is 71.6 Å². The Kier molecular flexibility index (Phi) is 4.47. The second kappa shape index (κ2) is 7.08. The minimum Gasteiger partial charge on any atom is -0.465 e. The Morgan fingerprint density at radius 1 is 0.963 bits per heavy atom. The number of hydrogen-bond donors (Lipinski definition) is 0. The van der Waals surface area contributed by atoms with Crippen LogP contribution in [0.3, 0.4) is 0 Å². The maximum absolute atomic E-state index is 12.6. The van der Waals surface area contributed by atoms with Crippen LogP contribution in [-0.4, -0.2) is 23.9 Å². The van der Waals surface area contributed by atoms with Crippen LogP contribution in [0.1, 0.15) is 31.8 Å². The quantitative estimate of drug-likeness (QED) is 0.654. The highest BCUT2D eigenvalue weighted by molar-refractivity contribution is 5.99. The van der Waals surface area contributed by atoms with Gasteiger partial charge in [-0.25, -0.2) is 4.79 Å². The molecule has 0 fully saturated rings. The zero-order chi connectivity index (χ0) is 18.8. The van der Waals surface area contributed by atoms with E-state index in [0.717, 1.165) is 27.8 Å². The van der Waals surface area contributed by atoms with Gasteiger partial charge in [-0.05, 0) is 40.5 Å². The van der Waals surface area contributed by atoms with Crippen molar-refractivity contribution in [1.29, 1.82) is 0 Å². The molecule has 0 aromatic heterocycles. The zero-order valence-electron chi connectivity index (χ0n) is 15.0. The van der Waals surface area contributed by atoms with Gasteiger partial charge in [0.15, 0.2) is 0 Å². The molecule has 0 bridgehead atoms. The van der Waals surface area contributed by atoms with E-state index in [1.165, 1.54) is 7.11 Å². The summed E-state index contributed by atoms with van der Waals surface area (Å²) in [5.41, 5.74) is 5.06. The molecular formula is C23H19NO3. The number of rotatable bonds is 4. The van der Waals surface area contributed by atoms with Crippen molar-refractivity contribution in [3.05, 3.63) is 95.1 Å². The number of ether oxygens (including phenoxy) is 1. The highest BCUT2D eigenvalue weighted by atomic mass is 16.5. The number of benzene rings is 3. The molecule has 0 saturated heterocycles. The van der Waals surface area contributed by atoms with E-state index >= 15 is 0 Å². The van der Waals surface area contributed by atoms with Crippen molar-refractivity contribution >= 4 is 11.9 Å². The first-order chi connectivity index (χ1) is 13.2. The van der Waals surface area contributed by atoms with Crippen molar-refractivity contribution in [2.75, 3.05) is 7.11 Å². The van der Waals surface area contributed by atoms with Crippen molar-refractivity contribution in [2.24, 2.45) is 0 Å². The lowest BCUT2D eigenvalue weighted by atomic mass is 9.97. The van der Waals surface area contributed by atoms with Gasteiger partial charge in [0.2, 0.25) is 0 Å². The summed E-state index contributed by atoms with van der Waals surface area (Å²) in [6, 6.07) is 23.1. The van der Waals surface area contributed by atoms with Gasteiger partial charge in [-0.3, -0.25) is 4.79 Å². The Morgan fingerprint density at radius 3 is 2.44 bits per heavy atom. The molecule has 0 N–H and O–H groups in total. The average molecular weight is 357 g/mol. The smallest absolute Gasteiger partial charge is 0.338 e. The van der Waals surface area contributed by atoms with Gasteiger partial charge < -0.3 is 9.64 Å². The second-order valence-electron chi connectivity index (χ2n) is 6.56. The van der Waals surface area contributed by atoms with E-state index in [2.05, 4.69) is 0 Å². The number of fused-ring (bicyclic) bond motifs is 1. The lowest BCUT2D eigenvalue weighted by molar-refractivity contribution is 0.0601. The van der Waals surface area contributed by atoms with Crippen LogP contribution in [0.25, 0.3) is 11.1 Å². The van der Waals surface area contributed by atoms with Gasteiger partial charge in [-0.1, -0.05) is 54.6 Å². The Labute approximate surface area is 158 Å². The minimum atomic E-state index is -0.370. The second-order valence-corrected chi connectivity index (χ2v) is 6.56. The predicted octanol–water partition coefficient (Wildman–Crippen LogP) is 4.30. The van der Waals surface area contributed by atoms with Crippen LogP contribution < -0.4 is 0 Å². The Balaban J connectivity index is 1.67. The minimum absolute atomic E-state index is 0.0453. The molecule has 134 valence electrons. The van der Waals surface area contributed by atoms with Crippen molar-refractivity contribution in [3.8, 4) is 11.1 Å². The normalized spacial score (nSPS) is 12.8. The maximum atomic E-state index is 12.6. The highest BCUT2D eigenvalue weighted by Crippen LogP contribution is 2.28. The molecule has 3 aromatic rings. The molecule has 4 heteroatoms. The first-order valence-electron chi connectivity index (χ1n) is 8.81. The third-order valence-corrected chi connectivity index (χ3v) is 4.84. The van der Waals surface area contributed by atoms with E-state index in [4.69, 9.17) is 4.74 Å². The van der Waals surface area contributed by atoms with Crippen LogP contribution in [0.2, 0.25) is 0 Å². The SMILES string of the molecule is COC(=O)c1ccc(CN2Cc3ccccc3C2=O)cc1-c1ccccc1. The molecule has 3 aromatic carbocycles. The third-order valence-electron chi connectivity index (χ3n) is 4.84. The van der Waals surface area contributed by atoms with Crippen molar-refractivity contribution in [2.45, 2.75) is 13.1 Å². The van der Waals surface area contributed by atoms with Crippen LogP contribution >= 0.6 is 0 Å². The van der Waals surface area contributed by atoms with Crippen LogP contribution in [-0.2, 0) is 17.8 Å². The van der Waals surface area contributed by atoms with Crippen LogP contribution in [0.4, 0.5) is 0 Å². The highest BCUT2D eigenvalue weighted by Gasteiger charge is 2.27. The maximum Gasteiger partial charge on any atom is 0.338 e. The molecular weight excluding hydrogens is 338 g/mol. The summed E-state index contributed by atoms with van der Waals surface area (Å²) in [5.74, 6) is -0.325. The Hall–Kier alpha value is -3.40. The molecule has 1 aliphatic rings. The fraction of sp³-hybridized carbons (Fsp3) is 0.130. The molecule has 1 amide bonds. The summed E-state index contributed by atoms with van der Waals surface area (Å²) in [6.45, 7) is 1.10. The van der Waals surface area contributed by atoms with Gasteiger partial charge in [-0.15, -0.1) is 0 Å². The molecule has 1 aliphatic heterocycles. The number of carbonyl (C=O) groups excluding carboxylic acids is 2. The van der Waals surface area contributed by atoms with Gasteiger partial charge >= 0.3 is 5.97 Å². The van der Waals surface area contributed by atoms with E-state index < -0.39 is 0 Å². The molecule has 4 nitrogen and oxygen atoms in total. The lowest BCUT2D eigenvalue weighted by Gasteiger charge is -2.17. The fourth-order valence-corrected chi connectivity index (χ4v) is 3.50. The summed E-state index contributed by atoms with van der Waals surface area (Å²) >= 11 is 0. The summed E-state index contributed by atoms with van der Waals surface area (Å²) in [4.78, 5) is 26.6. The van der Waals surface area contributed by atoms with E-state index in [9.17, 15) is 9.59 Å². The number of carbonyl (C=O) groups is 2. The van der Waals surface area contributed by atoms with E-state index in [-0.39, 0.29) is 11.9 Å². The standard InChI is InChI=1S/C23H19NO3/c1-27-23(26)20-12-11-16(13-21(20)17-7-3-2-4-8-17)14-24-15-18-9-5-6-10-19(18)22(24)25/h2-13H,14-15H2,1H3. The molecule has 1 heterocycles. The van der Waals surface area contributed by atoms with Crippen molar-refractivity contribution < 1.29 is 14.3 Å². The third kappa shape index (κ3) is 3.22. The fourth-order valence-electron chi connectivity index (χ4n) is 3.50. The van der Waals surface area contributed by atoms with Crippen LogP contribution in [0.15, 0.2) is 72.8 Å². The molecule has 0 unspecified atom stereocenters. The van der Waals surface area contributed by atoms with Gasteiger partial charge in [0.1, 0.15) is 0 Å². The summed E-state index contributed by atoms with van der Waals surface area (Å²) in [7, 11) is 1.38. The van der Waals surface area contributed by atoms with Gasteiger partial charge in [-0.2, -0.15) is 0 Å². The van der Waals surface area contributed by atoms with Crippen molar-refractivity contribution in [3.63, 3.8) is 0 Å². The van der Waals surface area contributed by atoms with Crippen molar-refractivity contribution in [1.82, 2.24) is 4.90 Å². The van der Waals surface area contributed by atoms with E-state index in [1.54, 1.807) is 6.07 Å². The number of hydrogen-bond acceptors (Lipinski definition) is 3. The molecule has 0 aliphatic carbocycles. The topological polar surface area (TPSA) is 46.6 Å². The largest absolute Gasteiger partial charge is 0.465 e. The Bertz CT molecular complexity index is 1010. The number of nitrogens with zero attached hydrogens (tertiary/aromatic N) is 1. The summed E-state index contributed by atoms with van der Waals surface area (Å²) in [5, 5.41) is 0. The molecule has 4 rings (SSSR count). The van der Waals surface area contributed by atoms with Gasteiger partial charge in [0, 0.05) is 18.7 Å². The van der Waals surface area contributed by atoms with E-state index in [0.29, 0.717) is 18.7 Å². The zero-order valence-corrected chi connectivity index (χ0v) is 15.0. The lowest BCUT2D eigenvalue weighted by Crippen LogP contribution is -2.23. The predicted molar refractivity (Wildman–Crippen MR) is 103 cm³/mol. The van der Waals surface area contributed by atoms with Gasteiger partial charge in [0.05, 0.1) is 12.7 Å². The number of methoxy groups -OCH3 is 1. The first-order valence-corrected chi connectivity index (χ1v) is 8.81. The van der Waals surface area contributed by atoms with Crippen LogP contribution in [0, 0.1) is 0 Å². The number of amides is 1. The molecule has 0 radical (unpaired) electrons. The molecule has 27 heavy (non-hydrogen) atoms. The summed E-state index contributed by atoms with van der Waals surface area (Å²) < 4.78 is 4.93. The average Bonchev–Trinajstić information content (AvgIpc) is 3.03. The molecule has 0 spiro atoms. The molecule has 0 atom stereocenters.